The minimum Gasteiger partial charge on any atom is -0.370 e. The molecule has 0 spiro atoms. The zero-order valence-corrected chi connectivity index (χ0v) is 11.6. The average molecular weight is 255 g/mol. The number of hydrogen-bond acceptors (Lipinski definition) is 3. The number of nitrogens with one attached hydrogen (secondary N) is 2. The maximum atomic E-state index is 11.5. The molecule has 0 aromatic heterocycles. The minimum atomic E-state index is 0.0194. The Kier molecular flexibility index (Phi) is 5.40. The van der Waals surface area contributed by atoms with Crippen LogP contribution in [0.2, 0.25) is 0 Å². The number of piperazine rings is 1. The van der Waals surface area contributed by atoms with Crippen molar-refractivity contribution in [3.63, 3.8) is 0 Å². The first-order valence-electron chi connectivity index (χ1n) is 6.47. The Balaban J connectivity index is 2.39. The number of hydrogen-bond donors (Lipinski definition) is 3. The number of carbonyl (C=O) groups excluding carboxylic acids is 1. The van der Waals surface area contributed by atoms with E-state index < -0.39 is 0 Å². The van der Waals surface area contributed by atoms with E-state index in [2.05, 4.69) is 24.2 Å². The lowest BCUT2D eigenvalue weighted by Gasteiger charge is -2.43. The monoisotopic (exact) mass is 255 g/mol. The molecule has 0 bridgehead atoms. The summed E-state index contributed by atoms with van der Waals surface area (Å²) in [5.74, 6) is 0.174. The first-order chi connectivity index (χ1) is 8.41. The molecular formula is C12H25N5O. The molecule has 0 unspecified atom stereocenters. The van der Waals surface area contributed by atoms with Gasteiger partial charge in [-0.25, -0.2) is 0 Å². The second kappa shape index (κ2) is 6.58. The molecule has 1 fully saturated rings. The number of nitrogens with two attached hydrogens (primary N) is 1. The molecule has 1 saturated heterocycles. The topological polar surface area (TPSA) is 85.5 Å². The van der Waals surface area contributed by atoms with Gasteiger partial charge in [0.05, 0.1) is 0 Å². The largest absolute Gasteiger partial charge is 0.370 e. The van der Waals surface area contributed by atoms with Crippen molar-refractivity contribution in [3.8, 4) is 0 Å². The standard InChI is InChI=1S/C12H25N5O/c1-9-7-16(3)11(8-17(9)10(2)18)5-4-6-15-12(13)14/h9,11H,4-8H2,1-3H3,(H4,13,14,15)/t9-,11-/m0/s1. The van der Waals surface area contributed by atoms with Crippen LogP contribution in [-0.4, -0.2) is 60.4 Å². The van der Waals surface area contributed by atoms with Gasteiger partial charge in [-0.2, -0.15) is 0 Å². The predicted octanol–water partition coefficient (Wildman–Crippen LogP) is -0.199. The van der Waals surface area contributed by atoms with Crippen LogP contribution in [0.25, 0.3) is 0 Å². The molecule has 0 aliphatic carbocycles. The zero-order chi connectivity index (χ0) is 13.7. The summed E-state index contributed by atoms with van der Waals surface area (Å²) in [5, 5.41) is 9.88. The zero-order valence-electron chi connectivity index (χ0n) is 11.6. The quantitative estimate of drug-likeness (QED) is 0.369. The Bertz CT molecular complexity index is 307. The third-order valence-corrected chi connectivity index (χ3v) is 3.55. The summed E-state index contributed by atoms with van der Waals surface area (Å²) in [4.78, 5) is 15.8. The van der Waals surface area contributed by atoms with Crippen LogP contribution in [0.15, 0.2) is 0 Å². The van der Waals surface area contributed by atoms with Crippen LogP contribution in [0.3, 0.4) is 0 Å². The van der Waals surface area contributed by atoms with Gasteiger partial charge in [0, 0.05) is 38.6 Å². The number of guanidine groups is 1. The van der Waals surface area contributed by atoms with Crippen LogP contribution >= 0.6 is 0 Å². The molecule has 1 amide bonds. The number of amides is 1. The van der Waals surface area contributed by atoms with Gasteiger partial charge in [0.2, 0.25) is 5.91 Å². The summed E-state index contributed by atoms with van der Waals surface area (Å²) in [7, 11) is 2.11. The fourth-order valence-electron chi connectivity index (χ4n) is 2.52. The molecule has 6 heteroatoms. The molecule has 0 saturated carbocycles. The van der Waals surface area contributed by atoms with Crippen LogP contribution in [0.1, 0.15) is 26.7 Å². The van der Waals surface area contributed by atoms with Crippen molar-refractivity contribution in [1.82, 2.24) is 15.1 Å². The first kappa shape index (κ1) is 14.8. The van der Waals surface area contributed by atoms with Crippen molar-refractivity contribution < 1.29 is 4.79 Å². The lowest BCUT2D eigenvalue weighted by atomic mass is 10.0. The highest BCUT2D eigenvalue weighted by molar-refractivity contribution is 5.74. The van der Waals surface area contributed by atoms with Gasteiger partial charge in [-0.15, -0.1) is 0 Å². The SMILES string of the molecule is CC(=O)N1C[C@H](CCCNC(=N)N)N(C)C[C@@H]1C. The van der Waals surface area contributed by atoms with Crippen LogP contribution in [0, 0.1) is 5.41 Å². The summed E-state index contributed by atoms with van der Waals surface area (Å²) in [6.45, 7) is 6.16. The molecule has 0 aromatic carbocycles. The smallest absolute Gasteiger partial charge is 0.219 e. The molecule has 1 aliphatic heterocycles. The van der Waals surface area contributed by atoms with Gasteiger partial charge in [-0.3, -0.25) is 15.1 Å². The third-order valence-electron chi connectivity index (χ3n) is 3.55. The molecular weight excluding hydrogens is 230 g/mol. The van der Waals surface area contributed by atoms with Crippen molar-refractivity contribution >= 4 is 11.9 Å². The number of nitrogens with zero attached hydrogens (tertiary/aromatic N) is 2. The average Bonchev–Trinajstić information content (AvgIpc) is 2.25. The number of rotatable bonds is 4. The summed E-state index contributed by atoms with van der Waals surface area (Å²) in [6.07, 6.45) is 1.96. The van der Waals surface area contributed by atoms with Crippen molar-refractivity contribution in [1.29, 1.82) is 5.41 Å². The van der Waals surface area contributed by atoms with Crippen LogP contribution < -0.4 is 11.1 Å². The molecule has 1 rings (SSSR count). The predicted molar refractivity (Wildman–Crippen MR) is 72.4 cm³/mol. The molecule has 2 atom stereocenters. The molecule has 4 N–H and O–H groups in total. The third kappa shape index (κ3) is 4.18. The Hall–Kier alpha value is -1.30. The van der Waals surface area contributed by atoms with Gasteiger partial charge in [0.1, 0.15) is 0 Å². The van der Waals surface area contributed by atoms with Gasteiger partial charge in [-0.1, -0.05) is 0 Å². The molecule has 1 heterocycles. The highest BCUT2D eigenvalue weighted by Gasteiger charge is 2.30. The highest BCUT2D eigenvalue weighted by atomic mass is 16.2. The summed E-state index contributed by atoms with van der Waals surface area (Å²) in [5.41, 5.74) is 5.23. The maximum Gasteiger partial charge on any atom is 0.219 e. The van der Waals surface area contributed by atoms with E-state index in [-0.39, 0.29) is 11.9 Å². The first-order valence-corrected chi connectivity index (χ1v) is 6.47. The van der Waals surface area contributed by atoms with Gasteiger partial charge in [0.25, 0.3) is 0 Å². The molecule has 1 aliphatic rings. The Morgan fingerprint density at radius 3 is 2.72 bits per heavy atom. The normalized spacial score (nSPS) is 24.9. The van der Waals surface area contributed by atoms with Crippen LogP contribution in [0.4, 0.5) is 0 Å². The molecule has 104 valence electrons. The van der Waals surface area contributed by atoms with Gasteiger partial charge >= 0.3 is 0 Å². The van der Waals surface area contributed by atoms with E-state index in [1.54, 1.807) is 6.92 Å². The van der Waals surface area contributed by atoms with E-state index in [4.69, 9.17) is 11.1 Å². The van der Waals surface area contributed by atoms with Crippen LogP contribution in [0.5, 0.6) is 0 Å². The fourth-order valence-corrected chi connectivity index (χ4v) is 2.52. The van der Waals surface area contributed by atoms with E-state index in [0.29, 0.717) is 12.1 Å². The van der Waals surface area contributed by atoms with E-state index in [0.717, 1.165) is 32.5 Å². The van der Waals surface area contributed by atoms with E-state index in [1.165, 1.54) is 0 Å². The highest BCUT2D eigenvalue weighted by Crippen LogP contribution is 2.17. The molecule has 0 aromatic rings. The lowest BCUT2D eigenvalue weighted by Crippen LogP contribution is -2.57. The molecule has 18 heavy (non-hydrogen) atoms. The van der Waals surface area contributed by atoms with E-state index >= 15 is 0 Å². The Morgan fingerprint density at radius 1 is 1.50 bits per heavy atom. The molecule has 0 radical (unpaired) electrons. The van der Waals surface area contributed by atoms with E-state index in [1.807, 2.05) is 4.90 Å². The number of likely N-dealkylation sites (N-methyl/N-ethyl adjacent to an activating group) is 1. The lowest BCUT2D eigenvalue weighted by molar-refractivity contribution is -0.134. The fraction of sp³-hybridized carbons (Fsp3) is 0.833. The van der Waals surface area contributed by atoms with Crippen molar-refractivity contribution in [2.75, 3.05) is 26.7 Å². The van der Waals surface area contributed by atoms with Crippen molar-refractivity contribution in [2.45, 2.75) is 38.8 Å². The summed E-state index contributed by atoms with van der Waals surface area (Å²) in [6, 6.07) is 0.693. The van der Waals surface area contributed by atoms with Gasteiger partial charge in [0.15, 0.2) is 5.96 Å². The minimum absolute atomic E-state index is 0.0194. The Morgan fingerprint density at radius 2 is 2.17 bits per heavy atom. The van der Waals surface area contributed by atoms with Gasteiger partial charge < -0.3 is 16.0 Å². The molecule has 6 nitrogen and oxygen atoms in total. The van der Waals surface area contributed by atoms with Crippen molar-refractivity contribution in [3.05, 3.63) is 0 Å². The summed E-state index contributed by atoms with van der Waals surface area (Å²) < 4.78 is 0. The van der Waals surface area contributed by atoms with Crippen molar-refractivity contribution in [2.24, 2.45) is 5.73 Å². The number of carbonyl (C=O) groups is 1. The Labute approximate surface area is 109 Å². The summed E-state index contributed by atoms with van der Waals surface area (Å²) >= 11 is 0. The maximum absolute atomic E-state index is 11.5. The van der Waals surface area contributed by atoms with Gasteiger partial charge in [-0.05, 0) is 26.8 Å². The second-order valence-corrected chi connectivity index (χ2v) is 5.10. The second-order valence-electron chi connectivity index (χ2n) is 5.10. The van der Waals surface area contributed by atoms with E-state index in [9.17, 15) is 4.79 Å². The van der Waals surface area contributed by atoms with Crippen LogP contribution in [-0.2, 0) is 4.79 Å².